The number of aromatic nitrogens is 4. The van der Waals surface area contributed by atoms with Gasteiger partial charge >= 0.3 is 5.97 Å². The van der Waals surface area contributed by atoms with Crippen molar-refractivity contribution < 1.29 is 9.53 Å². The minimum Gasteiger partial charge on any atom is -0.456 e. The van der Waals surface area contributed by atoms with Gasteiger partial charge in [-0.3, -0.25) is 0 Å². The van der Waals surface area contributed by atoms with Crippen LogP contribution in [0.15, 0.2) is 30.7 Å². The summed E-state index contributed by atoms with van der Waals surface area (Å²) in [4.78, 5) is 21.6. The molecule has 8 heteroatoms. The van der Waals surface area contributed by atoms with Gasteiger partial charge in [0.2, 0.25) is 0 Å². The van der Waals surface area contributed by atoms with Crippen LogP contribution in [0.4, 0.5) is 5.69 Å². The molecule has 4 rings (SSSR count). The summed E-state index contributed by atoms with van der Waals surface area (Å²) >= 11 is 0. The monoisotopic (exact) mass is 404 g/mol. The maximum atomic E-state index is 12.8. The molecule has 3 heterocycles. The van der Waals surface area contributed by atoms with Crippen molar-refractivity contribution in [3.63, 3.8) is 0 Å². The highest BCUT2D eigenvalue weighted by atomic mass is 16.6. The van der Waals surface area contributed by atoms with E-state index in [1.807, 2.05) is 26.8 Å². The molecule has 0 spiro atoms. The number of carbonyl (C=O) groups is 1. The fourth-order valence-electron chi connectivity index (χ4n) is 3.62. The van der Waals surface area contributed by atoms with Crippen LogP contribution in [0.3, 0.4) is 0 Å². The van der Waals surface area contributed by atoms with Crippen molar-refractivity contribution in [3.05, 3.63) is 41.9 Å². The molecule has 1 aliphatic carbocycles. The highest BCUT2D eigenvalue weighted by molar-refractivity contribution is 5.96. The number of nitrogens with zero attached hydrogens (tertiary/aromatic N) is 5. The van der Waals surface area contributed by atoms with E-state index in [2.05, 4.69) is 26.5 Å². The highest BCUT2D eigenvalue weighted by Crippen LogP contribution is 2.27. The van der Waals surface area contributed by atoms with Gasteiger partial charge in [-0.2, -0.15) is 15.0 Å². The number of esters is 1. The fourth-order valence-corrected chi connectivity index (χ4v) is 3.62. The van der Waals surface area contributed by atoms with Gasteiger partial charge in [0, 0.05) is 29.9 Å². The minimum atomic E-state index is -0.596. The zero-order chi connectivity index (χ0) is 21.3. The first-order valence-corrected chi connectivity index (χ1v) is 10.1. The van der Waals surface area contributed by atoms with Crippen LogP contribution in [-0.4, -0.2) is 37.4 Å². The van der Waals surface area contributed by atoms with Crippen LogP contribution in [0.25, 0.3) is 16.9 Å². The SMILES string of the molecule is CC(C)(C)OC(=O)c1cnc(-n2ncc3cc(C#N)cnc32)cc1NC1CCCC1. The molecule has 0 radical (unpaired) electrons. The van der Waals surface area contributed by atoms with Crippen LogP contribution >= 0.6 is 0 Å². The van der Waals surface area contributed by atoms with Gasteiger partial charge in [-0.15, -0.1) is 0 Å². The molecule has 0 bridgehead atoms. The number of hydrogen-bond acceptors (Lipinski definition) is 7. The number of carbonyl (C=O) groups excluding carboxylic acids is 1. The second-order valence-electron chi connectivity index (χ2n) is 8.52. The van der Waals surface area contributed by atoms with E-state index < -0.39 is 11.6 Å². The van der Waals surface area contributed by atoms with Crippen molar-refractivity contribution in [1.82, 2.24) is 19.7 Å². The number of pyridine rings is 2. The molecule has 0 amide bonds. The van der Waals surface area contributed by atoms with E-state index in [1.54, 1.807) is 16.9 Å². The fraction of sp³-hybridized carbons (Fsp3) is 0.409. The topological polar surface area (TPSA) is 106 Å². The molecule has 1 saturated carbocycles. The second-order valence-corrected chi connectivity index (χ2v) is 8.52. The number of nitriles is 1. The Morgan fingerprint density at radius 1 is 1.20 bits per heavy atom. The van der Waals surface area contributed by atoms with Crippen LogP contribution < -0.4 is 5.32 Å². The number of hydrogen-bond donors (Lipinski definition) is 1. The number of anilines is 1. The molecule has 1 aliphatic rings. The maximum absolute atomic E-state index is 12.8. The lowest BCUT2D eigenvalue weighted by molar-refractivity contribution is 0.00702. The van der Waals surface area contributed by atoms with E-state index in [1.165, 1.54) is 25.2 Å². The molecule has 154 valence electrons. The Kier molecular flexibility index (Phi) is 5.12. The van der Waals surface area contributed by atoms with E-state index in [0.717, 1.165) is 18.2 Å². The largest absolute Gasteiger partial charge is 0.456 e. The molecule has 0 aliphatic heterocycles. The molecule has 1 fully saturated rings. The Morgan fingerprint density at radius 2 is 1.97 bits per heavy atom. The molecule has 0 unspecified atom stereocenters. The molecule has 0 aromatic carbocycles. The standard InChI is InChI=1S/C22H24N6O2/c1-22(2,3)30-21(29)17-13-24-19(9-18(17)27-16-6-4-5-7-16)28-20-15(12-26-28)8-14(10-23)11-25-20/h8-9,11-13,16H,4-7H2,1-3H3,(H,24,27). The quantitative estimate of drug-likeness (QED) is 0.655. The van der Waals surface area contributed by atoms with Crippen molar-refractivity contribution in [2.24, 2.45) is 0 Å². The molecule has 0 atom stereocenters. The Bertz CT molecular complexity index is 1130. The lowest BCUT2D eigenvalue weighted by Crippen LogP contribution is -2.25. The van der Waals surface area contributed by atoms with Crippen molar-refractivity contribution >= 4 is 22.7 Å². The van der Waals surface area contributed by atoms with Gasteiger partial charge in [0.1, 0.15) is 17.2 Å². The van der Waals surface area contributed by atoms with E-state index in [0.29, 0.717) is 34.3 Å². The summed E-state index contributed by atoms with van der Waals surface area (Å²) in [7, 11) is 0. The van der Waals surface area contributed by atoms with Crippen molar-refractivity contribution in [2.75, 3.05) is 5.32 Å². The molecule has 8 nitrogen and oxygen atoms in total. The first-order chi connectivity index (χ1) is 14.3. The smallest absolute Gasteiger partial charge is 0.342 e. The molecule has 3 aromatic rings. The van der Waals surface area contributed by atoms with Gasteiger partial charge in [0.15, 0.2) is 11.5 Å². The third-order valence-corrected chi connectivity index (χ3v) is 4.98. The van der Waals surface area contributed by atoms with Gasteiger partial charge in [0.25, 0.3) is 0 Å². The molecular weight excluding hydrogens is 380 g/mol. The number of nitrogens with one attached hydrogen (secondary N) is 1. The predicted octanol–water partition coefficient (Wildman–Crippen LogP) is 4.00. The maximum Gasteiger partial charge on any atom is 0.342 e. The summed E-state index contributed by atoms with van der Waals surface area (Å²) in [5, 5.41) is 17.7. The van der Waals surface area contributed by atoms with Gasteiger partial charge in [0.05, 0.1) is 17.4 Å². The molecule has 1 N–H and O–H groups in total. The number of ether oxygens (including phenoxy) is 1. The zero-order valence-electron chi connectivity index (χ0n) is 17.3. The molecular formula is C22H24N6O2. The average molecular weight is 404 g/mol. The average Bonchev–Trinajstić information content (AvgIpc) is 3.35. The Balaban J connectivity index is 1.74. The summed E-state index contributed by atoms with van der Waals surface area (Å²) in [5.74, 6) is 0.124. The van der Waals surface area contributed by atoms with Crippen molar-refractivity contribution in [1.29, 1.82) is 5.26 Å². The Labute approximate surface area is 174 Å². The van der Waals surface area contributed by atoms with E-state index in [-0.39, 0.29) is 0 Å². The lowest BCUT2D eigenvalue weighted by Gasteiger charge is -2.22. The number of rotatable bonds is 4. The van der Waals surface area contributed by atoms with Crippen LogP contribution in [0, 0.1) is 11.3 Å². The highest BCUT2D eigenvalue weighted by Gasteiger charge is 2.24. The van der Waals surface area contributed by atoms with E-state index in [9.17, 15) is 4.79 Å². The zero-order valence-corrected chi connectivity index (χ0v) is 17.3. The van der Waals surface area contributed by atoms with Crippen LogP contribution in [-0.2, 0) is 4.74 Å². The lowest BCUT2D eigenvalue weighted by atomic mass is 10.1. The van der Waals surface area contributed by atoms with Gasteiger partial charge in [-0.05, 0) is 39.7 Å². The van der Waals surface area contributed by atoms with Crippen molar-refractivity contribution in [3.8, 4) is 11.9 Å². The van der Waals surface area contributed by atoms with Crippen LogP contribution in [0.2, 0.25) is 0 Å². The van der Waals surface area contributed by atoms with Crippen molar-refractivity contribution in [2.45, 2.75) is 58.1 Å². The van der Waals surface area contributed by atoms with Gasteiger partial charge in [-0.25, -0.2) is 14.8 Å². The Morgan fingerprint density at radius 3 is 2.67 bits per heavy atom. The predicted molar refractivity (Wildman–Crippen MR) is 112 cm³/mol. The first kappa shape index (κ1) is 19.8. The third kappa shape index (κ3) is 4.10. The first-order valence-electron chi connectivity index (χ1n) is 10.1. The summed E-state index contributed by atoms with van der Waals surface area (Å²) in [6, 6.07) is 5.94. The van der Waals surface area contributed by atoms with E-state index in [4.69, 9.17) is 10.00 Å². The minimum absolute atomic E-state index is 0.312. The summed E-state index contributed by atoms with van der Waals surface area (Å²) < 4.78 is 7.18. The third-order valence-electron chi connectivity index (χ3n) is 4.98. The molecule has 3 aromatic heterocycles. The summed E-state index contributed by atoms with van der Waals surface area (Å²) in [6.07, 6.45) is 9.16. The molecule has 30 heavy (non-hydrogen) atoms. The summed E-state index contributed by atoms with van der Waals surface area (Å²) in [6.45, 7) is 5.52. The van der Waals surface area contributed by atoms with Gasteiger partial charge in [-0.1, -0.05) is 12.8 Å². The normalized spacial score (nSPS) is 14.6. The Hall–Kier alpha value is -3.47. The summed E-state index contributed by atoms with van der Waals surface area (Å²) in [5.41, 5.74) is 1.55. The second kappa shape index (κ2) is 7.75. The van der Waals surface area contributed by atoms with Crippen LogP contribution in [0.1, 0.15) is 62.4 Å². The number of fused-ring (bicyclic) bond motifs is 1. The van der Waals surface area contributed by atoms with E-state index >= 15 is 0 Å². The molecule has 0 saturated heterocycles. The van der Waals surface area contributed by atoms with Gasteiger partial charge < -0.3 is 10.1 Å². The van der Waals surface area contributed by atoms with Crippen LogP contribution in [0.5, 0.6) is 0 Å².